The van der Waals surface area contributed by atoms with Crippen molar-refractivity contribution in [3.8, 4) is 23.3 Å². The first-order chi connectivity index (χ1) is 12.1. The number of rotatable bonds is 2. The number of anilines is 2. The number of nitrogen functional groups attached to an aromatic ring is 1. The van der Waals surface area contributed by atoms with E-state index in [0.717, 1.165) is 31.6 Å². The smallest absolute Gasteiger partial charge is 0.268 e. The van der Waals surface area contributed by atoms with Crippen molar-refractivity contribution in [3.63, 3.8) is 0 Å². The minimum absolute atomic E-state index is 0.0452. The number of pyridine rings is 1. The fraction of sp³-hybridized carbons (Fsp3) is 0.278. The fourth-order valence-electron chi connectivity index (χ4n) is 3.17. The molecule has 0 atom stereocenters. The van der Waals surface area contributed by atoms with Crippen LogP contribution in [-0.4, -0.2) is 18.1 Å². The molecule has 0 saturated carbocycles. The van der Waals surface area contributed by atoms with Gasteiger partial charge in [-0.25, -0.2) is 0 Å². The Bertz CT molecular complexity index is 961. The molecule has 0 spiro atoms. The van der Waals surface area contributed by atoms with Crippen LogP contribution in [0, 0.1) is 22.7 Å². The van der Waals surface area contributed by atoms with Crippen LogP contribution in [0.3, 0.4) is 0 Å². The molecule has 25 heavy (non-hydrogen) atoms. The average Bonchev–Trinajstić information content (AvgIpc) is 2.62. The number of halogens is 1. The predicted octanol–water partition coefficient (Wildman–Crippen LogP) is 3.01. The molecular weight excluding hydrogens is 338 g/mol. The zero-order chi connectivity index (χ0) is 18.0. The van der Waals surface area contributed by atoms with E-state index in [0.29, 0.717) is 10.6 Å². The van der Waals surface area contributed by atoms with Crippen molar-refractivity contribution in [3.05, 3.63) is 44.7 Å². The topological polar surface area (TPSA) is 110 Å². The standard InChI is InChI=1S/C18H16ClN5O/c19-15-8-11(24-6-2-1-3-7-24)4-5-12(15)16-13(9-20)17(22)23-18(25)14(16)10-21/h4-5,8H,1-3,6-7H2,(H3,22,23,25). The minimum atomic E-state index is -0.634. The molecule has 2 aromatic rings. The maximum absolute atomic E-state index is 12.0. The van der Waals surface area contributed by atoms with E-state index in [1.165, 1.54) is 6.42 Å². The van der Waals surface area contributed by atoms with E-state index in [9.17, 15) is 15.3 Å². The Morgan fingerprint density at radius 2 is 1.80 bits per heavy atom. The Hall–Kier alpha value is -2.96. The van der Waals surface area contributed by atoms with Crippen LogP contribution in [0.5, 0.6) is 0 Å². The molecule has 6 nitrogen and oxygen atoms in total. The van der Waals surface area contributed by atoms with Crippen molar-refractivity contribution in [2.75, 3.05) is 23.7 Å². The normalized spacial score (nSPS) is 14.0. The van der Waals surface area contributed by atoms with Crippen molar-refractivity contribution in [1.82, 2.24) is 4.98 Å². The van der Waals surface area contributed by atoms with Crippen LogP contribution in [0.4, 0.5) is 11.5 Å². The van der Waals surface area contributed by atoms with E-state index < -0.39 is 5.56 Å². The highest BCUT2D eigenvalue weighted by molar-refractivity contribution is 6.33. The molecule has 1 saturated heterocycles. The summed E-state index contributed by atoms with van der Waals surface area (Å²) in [6.45, 7) is 1.95. The largest absolute Gasteiger partial charge is 0.384 e. The quantitative estimate of drug-likeness (QED) is 0.862. The SMILES string of the molecule is N#Cc1c(N)[nH]c(=O)c(C#N)c1-c1ccc(N2CCCCC2)cc1Cl. The molecule has 0 unspecified atom stereocenters. The van der Waals surface area contributed by atoms with Gasteiger partial charge in [-0.3, -0.25) is 4.79 Å². The van der Waals surface area contributed by atoms with Crippen LogP contribution in [0.2, 0.25) is 5.02 Å². The van der Waals surface area contributed by atoms with Gasteiger partial charge in [0.15, 0.2) is 0 Å². The van der Waals surface area contributed by atoms with Crippen molar-refractivity contribution in [1.29, 1.82) is 10.5 Å². The number of piperidine rings is 1. The van der Waals surface area contributed by atoms with Gasteiger partial charge in [0, 0.05) is 29.9 Å². The number of aromatic amines is 1. The number of nitrogens with zero attached hydrogens (tertiary/aromatic N) is 3. The third-order valence-corrected chi connectivity index (χ3v) is 4.72. The molecule has 1 aliphatic heterocycles. The number of benzene rings is 1. The van der Waals surface area contributed by atoms with Crippen LogP contribution in [0.1, 0.15) is 30.4 Å². The van der Waals surface area contributed by atoms with Gasteiger partial charge in [0.05, 0.1) is 5.02 Å². The molecule has 1 aromatic heterocycles. The van der Waals surface area contributed by atoms with Gasteiger partial charge in [-0.05, 0) is 31.4 Å². The van der Waals surface area contributed by atoms with Crippen LogP contribution >= 0.6 is 11.6 Å². The number of nitrogens with two attached hydrogens (primary N) is 1. The highest BCUT2D eigenvalue weighted by Crippen LogP contribution is 2.36. The van der Waals surface area contributed by atoms with Crippen molar-refractivity contribution in [2.45, 2.75) is 19.3 Å². The number of nitrogens with one attached hydrogen (secondary N) is 1. The number of nitriles is 2. The molecule has 1 aliphatic rings. The molecule has 126 valence electrons. The molecular formula is C18H16ClN5O. The van der Waals surface area contributed by atoms with Gasteiger partial charge in [0.2, 0.25) is 0 Å². The lowest BCUT2D eigenvalue weighted by Gasteiger charge is -2.29. The van der Waals surface area contributed by atoms with Crippen molar-refractivity contribution >= 4 is 23.1 Å². The number of hydrogen-bond donors (Lipinski definition) is 2. The molecule has 2 heterocycles. The van der Waals surface area contributed by atoms with E-state index in [-0.39, 0.29) is 22.5 Å². The summed E-state index contributed by atoms with van der Waals surface area (Å²) >= 11 is 6.45. The number of hydrogen-bond acceptors (Lipinski definition) is 5. The van der Waals surface area contributed by atoms with Crippen LogP contribution in [0.15, 0.2) is 23.0 Å². The Labute approximate surface area is 150 Å². The molecule has 0 aliphatic carbocycles. The summed E-state index contributed by atoms with van der Waals surface area (Å²) in [6.07, 6.45) is 3.51. The van der Waals surface area contributed by atoms with Gasteiger partial charge in [-0.2, -0.15) is 10.5 Å². The maximum Gasteiger partial charge on any atom is 0.268 e. The van der Waals surface area contributed by atoms with Crippen LogP contribution in [0.25, 0.3) is 11.1 Å². The Kier molecular flexibility index (Phi) is 4.65. The van der Waals surface area contributed by atoms with E-state index in [2.05, 4.69) is 9.88 Å². The van der Waals surface area contributed by atoms with E-state index in [1.54, 1.807) is 6.07 Å². The Balaban J connectivity index is 2.16. The Morgan fingerprint density at radius 1 is 1.12 bits per heavy atom. The monoisotopic (exact) mass is 353 g/mol. The second-order valence-corrected chi connectivity index (χ2v) is 6.34. The number of H-pyrrole nitrogens is 1. The first kappa shape index (κ1) is 16.9. The lowest BCUT2D eigenvalue weighted by Crippen LogP contribution is -2.29. The first-order valence-electron chi connectivity index (χ1n) is 7.97. The molecule has 0 bridgehead atoms. The van der Waals surface area contributed by atoms with Gasteiger partial charge >= 0.3 is 0 Å². The van der Waals surface area contributed by atoms with Crippen molar-refractivity contribution in [2.24, 2.45) is 0 Å². The van der Waals surface area contributed by atoms with Crippen LogP contribution < -0.4 is 16.2 Å². The van der Waals surface area contributed by atoms with Crippen molar-refractivity contribution < 1.29 is 0 Å². The summed E-state index contributed by atoms with van der Waals surface area (Å²) in [7, 11) is 0. The summed E-state index contributed by atoms with van der Waals surface area (Å²) < 4.78 is 0. The summed E-state index contributed by atoms with van der Waals surface area (Å²) in [5, 5.41) is 19.1. The number of aromatic nitrogens is 1. The zero-order valence-electron chi connectivity index (χ0n) is 13.5. The summed E-state index contributed by atoms with van der Waals surface area (Å²) in [4.78, 5) is 16.6. The van der Waals surface area contributed by atoms with Crippen LogP contribution in [-0.2, 0) is 0 Å². The van der Waals surface area contributed by atoms with Gasteiger partial charge < -0.3 is 15.6 Å². The van der Waals surface area contributed by atoms with Gasteiger partial charge in [0.1, 0.15) is 29.1 Å². The van der Waals surface area contributed by atoms with E-state index in [4.69, 9.17) is 17.3 Å². The molecule has 1 fully saturated rings. The van der Waals surface area contributed by atoms with Gasteiger partial charge in [-0.1, -0.05) is 17.7 Å². The fourth-order valence-corrected chi connectivity index (χ4v) is 3.44. The third kappa shape index (κ3) is 3.05. The highest BCUT2D eigenvalue weighted by atomic mass is 35.5. The summed E-state index contributed by atoms with van der Waals surface area (Å²) in [6, 6.07) is 9.24. The third-order valence-electron chi connectivity index (χ3n) is 4.41. The lowest BCUT2D eigenvalue weighted by molar-refractivity contribution is 0.578. The zero-order valence-corrected chi connectivity index (χ0v) is 14.2. The molecule has 1 aromatic carbocycles. The molecule has 7 heteroatoms. The van der Waals surface area contributed by atoms with E-state index in [1.807, 2.05) is 24.3 Å². The summed E-state index contributed by atoms with van der Waals surface area (Å²) in [5.41, 5.74) is 6.62. The predicted molar refractivity (Wildman–Crippen MR) is 97.4 cm³/mol. The van der Waals surface area contributed by atoms with Gasteiger partial charge in [-0.15, -0.1) is 0 Å². The average molecular weight is 354 g/mol. The maximum atomic E-state index is 12.0. The molecule has 3 N–H and O–H groups in total. The first-order valence-corrected chi connectivity index (χ1v) is 8.35. The second kappa shape index (κ2) is 6.88. The Morgan fingerprint density at radius 3 is 2.40 bits per heavy atom. The molecule has 0 radical (unpaired) electrons. The lowest BCUT2D eigenvalue weighted by atomic mass is 9.96. The highest BCUT2D eigenvalue weighted by Gasteiger charge is 2.21. The minimum Gasteiger partial charge on any atom is -0.384 e. The molecule has 3 rings (SSSR count). The summed E-state index contributed by atoms with van der Waals surface area (Å²) in [5.74, 6) is -0.0716. The second-order valence-electron chi connectivity index (χ2n) is 5.93. The van der Waals surface area contributed by atoms with Gasteiger partial charge in [0.25, 0.3) is 5.56 Å². The molecule has 0 amide bonds. The van der Waals surface area contributed by atoms with E-state index >= 15 is 0 Å².